The Morgan fingerprint density at radius 2 is 1.80 bits per heavy atom. The molecule has 0 bridgehead atoms. The van der Waals surface area contributed by atoms with Crippen LogP contribution in [0.25, 0.3) is 0 Å². The lowest BCUT2D eigenvalue weighted by Gasteiger charge is -2.08. The number of amides is 1. The smallest absolute Gasteiger partial charge is 0.344 e. The standard InChI is InChI=1S/C18H13N3O4/c22-14(23)9-25-21-16-11-6-2-4-8-13(11)19-17(16)15-10-5-1-3-7-12(10)20-18(15)24/h1-6H,7-9H2,(H,22,23). The minimum atomic E-state index is -1.13. The van der Waals surface area contributed by atoms with E-state index in [1.807, 2.05) is 36.5 Å². The van der Waals surface area contributed by atoms with Crippen molar-refractivity contribution >= 4 is 29.0 Å². The first-order chi connectivity index (χ1) is 12.1. The van der Waals surface area contributed by atoms with E-state index < -0.39 is 12.6 Å². The van der Waals surface area contributed by atoms with E-state index in [0.29, 0.717) is 35.5 Å². The number of carbonyl (C=O) groups excluding carboxylic acids is 1. The number of rotatable bonds is 3. The number of fused-ring (bicyclic) bond motifs is 2. The lowest BCUT2D eigenvalue weighted by atomic mass is 9.93. The number of oxime groups is 1. The zero-order valence-corrected chi connectivity index (χ0v) is 13.1. The highest BCUT2D eigenvalue weighted by Gasteiger charge is 2.36. The van der Waals surface area contributed by atoms with E-state index in [1.54, 1.807) is 0 Å². The molecule has 25 heavy (non-hydrogen) atoms. The van der Waals surface area contributed by atoms with Gasteiger partial charge in [0.25, 0.3) is 5.91 Å². The molecule has 0 saturated carbocycles. The van der Waals surface area contributed by atoms with Crippen LogP contribution in [0.4, 0.5) is 0 Å². The van der Waals surface area contributed by atoms with Gasteiger partial charge < -0.3 is 9.94 Å². The van der Waals surface area contributed by atoms with Gasteiger partial charge in [-0.2, -0.15) is 0 Å². The van der Waals surface area contributed by atoms with Gasteiger partial charge in [-0.25, -0.2) is 14.8 Å². The zero-order valence-electron chi connectivity index (χ0n) is 13.1. The van der Waals surface area contributed by atoms with Crippen molar-refractivity contribution in [3.8, 4) is 0 Å². The molecule has 0 radical (unpaired) electrons. The lowest BCUT2D eigenvalue weighted by molar-refractivity contribution is -0.142. The molecule has 2 aliphatic heterocycles. The van der Waals surface area contributed by atoms with E-state index in [4.69, 9.17) is 9.94 Å². The van der Waals surface area contributed by atoms with Crippen molar-refractivity contribution in [2.75, 3.05) is 6.61 Å². The SMILES string of the molecule is O=C(O)CON=C1C2=CC=CCC2=NC1=C1C(=O)N=C2CC=CC=C21. The highest BCUT2D eigenvalue weighted by Crippen LogP contribution is 2.35. The second kappa shape index (κ2) is 5.94. The molecule has 0 saturated heterocycles. The molecule has 1 amide bonds. The molecule has 2 heterocycles. The second-order valence-electron chi connectivity index (χ2n) is 5.68. The van der Waals surface area contributed by atoms with Gasteiger partial charge >= 0.3 is 5.97 Å². The number of nitrogens with zero attached hydrogens (tertiary/aromatic N) is 3. The fourth-order valence-corrected chi connectivity index (χ4v) is 3.01. The van der Waals surface area contributed by atoms with Crippen molar-refractivity contribution in [3.63, 3.8) is 0 Å². The van der Waals surface area contributed by atoms with Crippen LogP contribution in [0.5, 0.6) is 0 Å². The number of allylic oxidation sites excluding steroid dienone is 7. The van der Waals surface area contributed by atoms with Gasteiger partial charge in [-0.05, 0) is 0 Å². The maximum atomic E-state index is 12.5. The minimum Gasteiger partial charge on any atom is -0.479 e. The molecule has 7 heteroatoms. The molecule has 0 aromatic rings. The Kier molecular flexibility index (Phi) is 3.61. The monoisotopic (exact) mass is 335 g/mol. The van der Waals surface area contributed by atoms with E-state index in [0.717, 1.165) is 16.9 Å². The van der Waals surface area contributed by atoms with Crippen LogP contribution in [0.2, 0.25) is 0 Å². The maximum absolute atomic E-state index is 12.5. The van der Waals surface area contributed by atoms with E-state index in [9.17, 15) is 9.59 Å². The normalized spacial score (nSPS) is 25.3. The molecule has 0 aromatic carbocycles. The third-order valence-corrected chi connectivity index (χ3v) is 4.07. The molecular weight excluding hydrogens is 322 g/mol. The highest BCUT2D eigenvalue weighted by molar-refractivity contribution is 6.39. The van der Waals surface area contributed by atoms with Gasteiger partial charge in [0.1, 0.15) is 11.4 Å². The number of aliphatic imine (C=N–C) groups is 2. The Bertz CT molecular complexity index is 939. The van der Waals surface area contributed by atoms with Gasteiger partial charge in [-0.15, -0.1) is 0 Å². The molecule has 0 spiro atoms. The van der Waals surface area contributed by atoms with E-state index in [2.05, 4.69) is 15.1 Å². The maximum Gasteiger partial charge on any atom is 0.344 e. The predicted octanol–water partition coefficient (Wildman–Crippen LogP) is 1.91. The van der Waals surface area contributed by atoms with E-state index in [-0.39, 0.29) is 5.91 Å². The van der Waals surface area contributed by atoms with Crippen LogP contribution in [-0.2, 0) is 14.4 Å². The molecule has 0 atom stereocenters. The molecule has 0 unspecified atom stereocenters. The van der Waals surface area contributed by atoms with Gasteiger partial charge in [0.2, 0.25) is 6.61 Å². The lowest BCUT2D eigenvalue weighted by Crippen LogP contribution is -2.13. The van der Waals surface area contributed by atoms with Crippen molar-refractivity contribution < 1.29 is 19.5 Å². The minimum absolute atomic E-state index is 0.359. The van der Waals surface area contributed by atoms with Crippen LogP contribution in [0, 0.1) is 0 Å². The van der Waals surface area contributed by atoms with Gasteiger partial charge in [0, 0.05) is 24.0 Å². The van der Waals surface area contributed by atoms with Gasteiger partial charge in [0.05, 0.1) is 17.0 Å². The van der Waals surface area contributed by atoms with Crippen LogP contribution in [0.15, 0.2) is 74.0 Å². The number of hydrogen-bond donors (Lipinski definition) is 1. The summed E-state index contributed by atoms with van der Waals surface area (Å²) in [5, 5.41) is 12.7. The number of carbonyl (C=O) groups is 2. The topological polar surface area (TPSA) is 101 Å². The molecule has 2 aliphatic carbocycles. The summed E-state index contributed by atoms with van der Waals surface area (Å²) >= 11 is 0. The Balaban J connectivity index is 1.83. The third kappa shape index (κ3) is 2.59. The van der Waals surface area contributed by atoms with E-state index in [1.165, 1.54) is 0 Å². The van der Waals surface area contributed by atoms with Crippen LogP contribution in [0.1, 0.15) is 12.8 Å². The quantitative estimate of drug-likeness (QED) is 0.629. The van der Waals surface area contributed by atoms with Crippen LogP contribution in [0.3, 0.4) is 0 Å². The van der Waals surface area contributed by atoms with Gasteiger partial charge in [0.15, 0.2) is 0 Å². The fourth-order valence-electron chi connectivity index (χ4n) is 3.01. The molecule has 4 rings (SSSR count). The first-order valence-electron chi connectivity index (χ1n) is 7.76. The largest absolute Gasteiger partial charge is 0.479 e. The Morgan fingerprint density at radius 1 is 1.12 bits per heavy atom. The summed E-state index contributed by atoms with van der Waals surface area (Å²) in [6.45, 7) is -0.564. The number of carboxylic acids is 1. The molecular formula is C18H13N3O4. The summed E-state index contributed by atoms with van der Waals surface area (Å²) in [5.41, 5.74) is 4.11. The zero-order chi connectivity index (χ0) is 17.4. The van der Waals surface area contributed by atoms with Crippen molar-refractivity contribution in [1.82, 2.24) is 0 Å². The fraction of sp³-hybridized carbons (Fsp3) is 0.167. The predicted molar refractivity (Wildman–Crippen MR) is 91.6 cm³/mol. The van der Waals surface area contributed by atoms with E-state index >= 15 is 0 Å². The molecule has 1 N–H and O–H groups in total. The average Bonchev–Trinajstić information content (AvgIpc) is 3.11. The summed E-state index contributed by atoms with van der Waals surface area (Å²) in [6, 6.07) is 0. The highest BCUT2D eigenvalue weighted by atomic mass is 16.6. The summed E-state index contributed by atoms with van der Waals surface area (Å²) < 4.78 is 0. The van der Waals surface area contributed by atoms with Crippen molar-refractivity contribution in [1.29, 1.82) is 0 Å². The average molecular weight is 335 g/mol. The van der Waals surface area contributed by atoms with Crippen molar-refractivity contribution in [3.05, 3.63) is 58.9 Å². The Morgan fingerprint density at radius 3 is 2.52 bits per heavy atom. The molecule has 0 fully saturated rings. The van der Waals surface area contributed by atoms with Gasteiger partial charge in [-0.3, -0.25) is 4.79 Å². The Labute approximate surface area is 142 Å². The summed E-state index contributed by atoms with van der Waals surface area (Å²) in [4.78, 5) is 36.7. The summed E-state index contributed by atoms with van der Waals surface area (Å²) in [6.07, 6.45) is 12.5. The third-order valence-electron chi connectivity index (χ3n) is 4.07. The number of carboxylic acid groups (broad SMARTS) is 1. The Hall–Kier alpha value is -3.35. The van der Waals surface area contributed by atoms with Crippen LogP contribution >= 0.6 is 0 Å². The van der Waals surface area contributed by atoms with Crippen LogP contribution < -0.4 is 0 Å². The van der Waals surface area contributed by atoms with Gasteiger partial charge in [-0.1, -0.05) is 41.6 Å². The van der Waals surface area contributed by atoms with Crippen molar-refractivity contribution in [2.24, 2.45) is 15.1 Å². The number of aliphatic carboxylic acids is 1. The summed E-state index contributed by atoms with van der Waals surface area (Å²) in [7, 11) is 0. The molecule has 0 aromatic heterocycles. The summed E-state index contributed by atoms with van der Waals surface area (Å²) in [5.74, 6) is -1.49. The molecule has 124 valence electrons. The van der Waals surface area contributed by atoms with Crippen molar-refractivity contribution in [2.45, 2.75) is 12.8 Å². The molecule has 7 nitrogen and oxygen atoms in total. The first kappa shape index (κ1) is 15.2. The van der Waals surface area contributed by atoms with Crippen LogP contribution in [-0.4, -0.2) is 40.7 Å². The number of hydrogen-bond acceptors (Lipinski definition) is 5. The first-order valence-corrected chi connectivity index (χ1v) is 7.76. The molecule has 4 aliphatic rings. The second-order valence-corrected chi connectivity index (χ2v) is 5.68.